The minimum absolute atomic E-state index is 1.17. The molecule has 0 nitrogen and oxygen atoms in total. The molecular weight excluding hydrogens is 272 g/mol. The first-order valence-electron chi connectivity index (χ1n) is 7.60. The third-order valence-corrected chi connectivity index (χ3v) is 23.3. The molecule has 1 heterocycles. The highest BCUT2D eigenvalue weighted by Crippen LogP contribution is 2.22. The molecule has 0 saturated heterocycles. The van der Waals surface area contributed by atoms with Gasteiger partial charge in [0, 0.05) is 0 Å². The van der Waals surface area contributed by atoms with Crippen LogP contribution in [-0.4, -0.2) is 15.2 Å². The molecular formula is C18H24Si2. The zero-order valence-corrected chi connectivity index (χ0v) is 15.0. The van der Waals surface area contributed by atoms with E-state index in [1.54, 1.807) is 10.4 Å². The summed E-state index contributed by atoms with van der Waals surface area (Å²) < 4.78 is 0. The van der Waals surface area contributed by atoms with Gasteiger partial charge in [0.05, 0.1) is 15.2 Å². The molecule has 0 N–H and O–H groups in total. The van der Waals surface area contributed by atoms with Gasteiger partial charge < -0.3 is 0 Å². The van der Waals surface area contributed by atoms with Crippen LogP contribution >= 0.6 is 0 Å². The summed E-state index contributed by atoms with van der Waals surface area (Å²) in [6.45, 7) is 10.3. The number of hydrogen-bond donors (Lipinski definition) is 0. The molecule has 2 aromatic rings. The van der Waals surface area contributed by atoms with E-state index in [1.807, 2.05) is 0 Å². The smallest absolute Gasteiger partial charge is 0.0671 e. The van der Waals surface area contributed by atoms with Crippen LogP contribution in [-0.2, 0) is 12.8 Å². The Balaban J connectivity index is 2.24. The van der Waals surface area contributed by atoms with Crippen molar-refractivity contribution in [3.8, 4) is 0 Å². The van der Waals surface area contributed by atoms with E-state index in [2.05, 4.69) is 74.7 Å². The molecule has 1 aliphatic heterocycles. The summed E-state index contributed by atoms with van der Waals surface area (Å²) in [5.41, 5.74) is 3.03. The Morgan fingerprint density at radius 3 is 1.45 bits per heavy atom. The van der Waals surface area contributed by atoms with Gasteiger partial charge in [-0.1, -0.05) is 85.1 Å². The molecule has 2 aromatic carbocycles. The Hall–Kier alpha value is -1.13. The molecule has 0 spiro atoms. The summed E-state index contributed by atoms with van der Waals surface area (Å²) >= 11 is 0. The molecule has 0 atom stereocenters. The van der Waals surface area contributed by atoms with Crippen LogP contribution in [0, 0.1) is 0 Å². The highest BCUT2D eigenvalue weighted by Gasteiger charge is 2.43. The first-order chi connectivity index (χ1) is 9.41. The van der Waals surface area contributed by atoms with Crippen LogP contribution < -0.4 is 10.4 Å². The van der Waals surface area contributed by atoms with E-state index in [-0.39, 0.29) is 0 Å². The van der Waals surface area contributed by atoms with Crippen molar-refractivity contribution in [1.82, 2.24) is 0 Å². The van der Waals surface area contributed by atoms with Crippen molar-refractivity contribution >= 4 is 25.6 Å². The quantitative estimate of drug-likeness (QED) is 0.654. The molecule has 0 aliphatic carbocycles. The summed E-state index contributed by atoms with van der Waals surface area (Å²) in [5, 5.41) is 3.30. The van der Waals surface area contributed by atoms with Crippen LogP contribution in [0.5, 0.6) is 0 Å². The lowest BCUT2D eigenvalue weighted by molar-refractivity contribution is 0.962. The predicted octanol–water partition coefficient (Wildman–Crippen LogP) is 3.39. The summed E-state index contributed by atoms with van der Waals surface area (Å²) in [5.74, 6) is 0. The van der Waals surface area contributed by atoms with E-state index in [0.29, 0.717) is 0 Å². The second kappa shape index (κ2) is 4.71. The molecule has 2 heteroatoms. The average molecular weight is 297 g/mol. The molecule has 4 bridgehead atoms. The van der Waals surface area contributed by atoms with Gasteiger partial charge in [-0.25, -0.2) is 0 Å². The maximum atomic E-state index is 2.58. The fraction of sp³-hybridized carbons (Fsp3) is 0.333. The Kier molecular flexibility index (Phi) is 3.26. The van der Waals surface area contributed by atoms with E-state index < -0.39 is 15.2 Å². The highest BCUT2D eigenvalue weighted by atomic mass is 29.3. The lowest BCUT2D eigenvalue weighted by Crippen LogP contribution is -2.69. The minimum Gasteiger partial charge on any atom is -0.0671 e. The molecule has 20 heavy (non-hydrogen) atoms. The summed E-state index contributed by atoms with van der Waals surface area (Å²) in [4.78, 5) is 0. The Morgan fingerprint density at radius 2 is 1.05 bits per heavy atom. The van der Waals surface area contributed by atoms with Gasteiger partial charge in [0.2, 0.25) is 0 Å². The molecule has 3 rings (SSSR count). The van der Waals surface area contributed by atoms with Crippen LogP contribution in [0.1, 0.15) is 11.1 Å². The molecule has 0 fully saturated rings. The van der Waals surface area contributed by atoms with E-state index in [1.165, 1.54) is 24.0 Å². The van der Waals surface area contributed by atoms with E-state index in [9.17, 15) is 0 Å². The summed E-state index contributed by atoms with van der Waals surface area (Å²) in [6.07, 6.45) is 2.34. The second-order valence-electron chi connectivity index (χ2n) is 7.15. The van der Waals surface area contributed by atoms with Crippen molar-refractivity contribution in [2.24, 2.45) is 0 Å². The fourth-order valence-corrected chi connectivity index (χ4v) is 12.1. The van der Waals surface area contributed by atoms with Crippen LogP contribution in [0.15, 0.2) is 48.5 Å². The largest absolute Gasteiger partial charge is 0.0791 e. The normalized spacial score (nSPS) is 19.4. The fourth-order valence-electron chi connectivity index (χ4n) is 3.24. The minimum atomic E-state index is -1.43. The maximum Gasteiger partial charge on any atom is 0.0791 e. The average Bonchev–Trinajstić information content (AvgIpc) is 2.45. The highest BCUT2D eigenvalue weighted by molar-refractivity contribution is 7.49. The second-order valence-corrected chi connectivity index (χ2v) is 22.3. The van der Waals surface area contributed by atoms with Gasteiger partial charge in [-0.15, -0.1) is 0 Å². The molecule has 0 saturated carbocycles. The van der Waals surface area contributed by atoms with Gasteiger partial charge in [0.1, 0.15) is 0 Å². The Morgan fingerprint density at radius 1 is 0.650 bits per heavy atom. The standard InChI is InChI=1S/C18H24Si2/c1-19(2)17-9-5-7-15(13-17)11-12-16-8-6-10-18(14-16)20(19,3)4/h5-10,13-14H,11-12H2,1-4H3. The van der Waals surface area contributed by atoms with Crippen molar-refractivity contribution in [2.45, 2.75) is 39.0 Å². The van der Waals surface area contributed by atoms with Gasteiger partial charge in [0.25, 0.3) is 0 Å². The van der Waals surface area contributed by atoms with Crippen LogP contribution in [0.25, 0.3) is 0 Å². The third-order valence-electron chi connectivity index (χ3n) is 5.56. The van der Waals surface area contributed by atoms with E-state index >= 15 is 0 Å². The first-order valence-corrected chi connectivity index (χ1v) is 14.6. The van der Waals surface area contributed by atoms with Crippen LogP contribution in [0.2, 0.25) is 26.2 Å². The van der Waals surface area contributed by atoms with Crippen molar-refractivity contribution in [3.63, 3.8) is 0 Å². The summed E-state index contributed by atoms with van der Waals surface area (Å²) in [6, 6.07) is 18.9. The van der Waals surface area contributed by atoms with Crippen molar-refractivity contribution in [3.05, 3.63) is 59.7 Å². The van der Waals surface area contributed by atoms with Crippen LogP contribution in [0.3, 0.4) is 0 Å². The molecule has 104 valence electrons. The number of aryl methyl sites for hydroxylation is 2. The zero-order chi connectivity index (χ0) is 14.4. The van der Waals surface area contributed by atoms with Gasteiger partial charge in [-0.05, 0) is 24.0 Å². The number of fused-ring (bicyclic) bond motifs is 4. The third kappa shape index (κ3) is 2.11. The molecule has 0 radical (unpaired) electrons. The number of hydrogen-bond acceptors (Lipinski definition) is 0. The molecule has 0 amide bonds. The molecule has 1 aliphatic rings. The maximum absolute atomic E-state index is 2.58. The van der Waals surface area contributed by atoms with Gasteiger partial charge in [0.15, 0.2) is 0 Å². The first kappa shape index (κ1) is 13.8. The predicted molar refractivity (Wildman–Crippen MR) is 94.5 cm³/mol. The van der Waals surface area contributed by atoms with Crippen molar-refractivity contribution < 1.29 is 0 Å². The number of benzene rings is 2. The number of rotatable bonds is 0. The Bertz CT molecular complexity index is 584. The topological polar surface area (TPSA) is 0 Å². The van der Waals surface area contributed by atoms with Gasteiger partial charge in [-0.3, -0.25) is 0 Å². The zero-order valence-electron chi connectivity index (χ0n) is 13.0. The van der Waals surface area contributed by atoms with E-state index in [0.717, 1.165) is 0 Å². The molecule has 0 aromatic heterocycles. The monoisotopic (exact) mass is 296 g/mol. The van der Waals surface area contributed by atoms with Crippen molar-refractivity contribution in [1.29, 1.82) is 0 Å². The Labute approximate surface area is 124 Å². The van der Waals surface area contributed by atoms with Gasteiger partial charge in [-0.2, -0.15) is 0 Å². The van der Waals surface area contributed by atoms with Crippen molar-refractivity contribution in [2.75, 3.05) is 0 Å². The SMILES string of the molecule is C[Si]1(C)c2cccc(c2)CCc2cccc(c2)[Si]1(C)C. The summed E-state index contributed by atoms with van der Waals surface area (Å²) in [7, 11) is -2.86. The molecule has 0 unspecified atom stereocenters. The lowest BCUT2D eigenvalue weighted by atomic mass is 10.0. The van der Waals surface area contributed by atoms with E-state index in [4.69, 9.17) is 0 Å². The lowest BCUT2D eigenvalue weighted by Gasteiger charge is -2.40. The van der Waals surface area contributed by atoms with Crippen LogP contribution in [0.4, 0.5) is 0 Å². The van der Waals surface area contributed by atoms with Gasteiger partial charge >= 0.3 is 0 Å².